The maximum atomic E-state index is 11.9. The van der Waals surface area contributed by atoms with E-state index in [1.807, 2.05) is 30.7 Å². The Hall–Kier alpha value is -1.05. The summed E-state index contributed by atoms with van der Waals surface area (Å²) in [6, 6.07) is 1.97. The SMILES string of the molecule is CC1(C)CN(Cc2noc(-c3ccsc3)n2)CCS1=O. The molecule has 0 N–H and O–H groups in total. The summed E-state index contributed by atoms with van der Waals surface area (Å²) in [5, 5.41) is 8.01. The van der Waals surface area contributed by atoms with Gasteiger partial charge in [-0.2, -0.15) is 16.3 Å². The number of thiophene rings is 1. The molecule has 0 radical (unpaired) electrons. The Morgan fingerprint density at radius 1 is 1.55 bits per heavy atom. The number of hydrogen-bond acceptors (Lipinski definition) is 6. The molecule has 1 aliphatic rings. The van der Waals surface area contributed by atoms with Crippen LogP contribution in [0.15, 0.2) is 21.3 Å². The van der Waals surface area contributed by atoms with E-state index in [-0.39, 0.29) is 4.75 Å². The van der Waals surface area contributed by atoms with E-state index in [0.29, 0.717) is 24.0 Å². The first-order valence-corrected chi connectivity index (χ1v) is 8.77. The molecule has 0 spiro atoms. The predicted octanol–water partition coefficient (Wildman–Crippen LogP) is 2.14. The van der Waals surface area contributed by atoms with Gasteiger partial charge in [0, 0.05) is 35.0 Å². The molecule has 1 unspecified atom stereocenters. The fourth-order valence-electron chi connectivity index (χ4n) is 2.33. The molecule has 3 heterocycles. The summed E-state index contributed by atoms with van der Waals surface area (Å²) in [7, 11) is -0.753. The van der Waals surface area contributed by atoms with Crippen molar-refractivity contribution in [2.24, 2.45) is 0 Å². The highest BCUT2D eigenvalue weighted by atomic mass is 32.2. The summed E-state index contributed by atoms with van der Waals surface area (Å²) >= 11 is 1.61. The lowest BCUT2D eigenvalue weighted by molar-refractivity contribution is 0.238. The second kappa shape index (κ2) is 5.38. The van der Waals surface area contributed by atoms with Crippen LogP contribution >= 0.6 is 11.3 Å². The fraction of sp³-hybridized carbons (Fsp3) is 0.538. The van der Waals surface area contributed by atoms with E-state index < -0.39 is 10.8 Å². The van der Waals surface area contributed by atoms with E-state index in [1.165, 1.54) is 0 Å². The van der Waals surface area contributed by atoms with Crippen LogP contribution in [0.4, 0.5) is 0 Å². The first-order valence-electron chi connectivity index (χ1n) is 6.50. The van der Waals surface area contributed by atoms with Gasteiger partial charge in [0.1, 0.15) is 0 Å². The average Bonchev–Trinajstić information content (AvgIpc) is 3.03. The zero-order valence-corrected chi connectivity index (χ0v) is 13.2. The maximum Gasteiger partial charge on any atom is 0.258 e. The average molecular weight is 311 g/mol. The maximum absolute atomic E-state index is 11.9. The second-order valence-corrected chi connectivity index (χ2v) is 8.53. The molecule has 0 bridgehead atoms. The normalized spacial score (nSPS) is 23.0. The van der Waals surface area contributed by atoms with Crippen LogP contribution in [0.1, 0.15) is 19.7 Å². The first kappa shape index (κ1) is 13.9. The molecule has 1 aliphatic heterocycles. The first-order chi connectivity index (χ1) is 9.54. The quantitative estimate of drug-likeness (QED) is 0.869. The van der Waals surface area contributed by atoms with E-state index in [9.17, 15) is 4.21 Å². The lowest BCUT2D eigenvalue weighted by Gasteiger charge is -2.36. The van der Waals surface area contributed by atoms with Crippen molar-refractivity contribution in [1.82, 2.24) is 15.0 Å². The largest absolute Gasteiger partial charge is 0.334 e. The molecule has 108 valence electrons. The molecule has 20 heavy (non-hydrogen) atoms. The van der Waals surface area contributed by atoms with E-state index in [4.69, 9.17) is 4.52 Å². The third-order valence-corrected chi connectivity index (χ3v) is 6.01. The van der Waals surface area contributed by atoms with Gasteiger partial charge in [-0.15, -0.1) is 0 Å². The molecule has 5 nitrogen and oxygen atoms in total. The molecular formula is C13H17N3O2S2. The van der Waals surface area contributed by atoms with E-state index in [0.717, 1.165) is 18.7 Å². The Kier molecular flexibility index (Phi) is 3.74. The van der Waals surface area contributed by atoms with Crippen molar-refractivity contribution in [2.75, 3.05) is 18.8 Å². The molecule has 3 rings (SSSR count). The molecule has 0 aromatic carbocycles. The van der Waals surface area contributed by atoms with Crippen LogP contribution in [0, 0.1) is 0 Å². The van der Waals surface area contributed by atoms with Crippen molar-refractivity contribution in [3.8, 4) is 11.5 Å². The number of nitrogens with zero attached hydrogens (tertiary/aromatic N) is 3. The Morgan fingerprint density at radius 2 is 2.40 bits per heavy atom. The summed E-state index contributed by atoms with van der Waals surface area (Å²) in [6.45, 7) is 6.35. The smallest absolute Gasteiger partial charge is 0.258 e. The predicted molar refractivity (Wildman–Crippen MR) is 80.0 cm³/mol. The number of rotatable bonds is 3. The van der Waals surface area contributed by atoms with Crippen molar-refractivity contribution < 1.29 is 8.73 Å². The molecule has 2 aromatic heterocycles. The van der Waals surface area contributed by atoms with Crippen molar-refractivity contribution in [3.05, 3.63) is 22.7 Å². The minimum atomic E-state index is -0.753. The summed E-state index contributed by atoms with van der Waals surface area (Å²) in [5.74, 6) is 1.97. The Bertz CT molecular complexity index is 607. The topological polar surface area (TPSA) is 59.2 Å². The fourth-order valence-corrected chi connectivity index (χ4v) is 4.27. The summed E-state index contributed by atoms with van der Waals surface area (Å²) in [5.41, 5.74) is 0.967. The minimum absolute atomic E-state index is 0.168. The molecule has 0 aliphatic carbocycles. The Balaban J connectivity index is 1.68. The van der Waals surface area contributed by atoms with E-state index >= 15 is 0 Å². The monoisotopic (exact) mass is 311 g/mol. The lowest BCUT2D eigenvalue weighted by Crippen LogP contribution is -2.49. The van der Waals surface area contributed by atoms with Crippen LogP contribution in [0.2, 0.25) is 0 Å². The van der Waals surface area contributed by atoms with Crippen LogP contribution in [0.5, 0.6) is 0 Å². The molecule has 7 heteroatoms. The highest BCUT2D eigenvalue weighted by Crippen LogP contribution is 2.23. The molecule has 0 amide bonds. The molecule has 0 saturated carbocycles. The van der Waals surface area contributed by atoms with E-state index in [1.54, 1.807) is 11.3 Å². The third-order valence-electron chi connectivity index (χ3n) is 3.41. The highest BCUT2D eigenvalue weighted by molar-refractivity contribution is 7.86. The van der Waals surface area contributed by atoms with Gasteiger partial charge in [0.15, 0.2) is 5.82 Å². The Labute approximate surface area is 124 Å². The van der Waals surface area contributed by atoms with Crippen LogP contribution in [-0.4, -0.2) is 42.8 Å². The van der Waals surface area contributed by atoms with Gasteiger partial charge >= 0.3 is 0 Å². The van der Waals surface area contributed by atoms with Gasteiger partial charge in [-0.05, 0) is 25.3 Å². The highest BCUT2D eigenvalue weighted by Gasteiger charge is 2.33. The van der Waals surface area contributed by atoms with Crippen LogP contribution in [-0.2, 0) is 17.3 Å². The minimum Gasteiger partial charge on any atom is -0.334 e. The summed E-state index contributed by atoms with van der Waals surface area (Å²) in [6.07, 6.45) is 0. The molecule has 1 saturated heterocycles. The van der Waals surface area contributed by atoms with Gasteiger partial charge in [0.05, 0.1) is 16.9 Å². The van der Waals surface area contributed by atoms with Gasteiger partial charge < -0.3 is 4.52 Å². The zero-order chi connectivity index (χ0) is 14.2. The molecule has 2 aromatic rings. The lowest BCUT2D eigenvalue weighted by atomic mass is 10.2. The van der Waals surface area contributed by atoms with Gasteiger partial charge in [0.25, 0.3) is 5.89 Å². The molecule has 1 fully saturated rings. The van der Waals surface area contributed by atoms with Gasteiger partial charge in [-0.3, -0.25) is 9.11 Å². The van der Waals surface area contributed by atoms with Gasteiger partial charge in [0.2, 0.25) is 0 Å². The standard InChI is InChI=1S/C13H17N3O2S2/c1-13(2)9-16(4-6-20(13)17)7-11-14-12(18-15-11)10-3-5-19-8-10/h3,5,8H,4,6-7,9H2,1-2H3. The van der Waals surface area contributed by atoms with Gasteiger partial charge in [-0.1, -0.05) is 5.16 Å². The van der Waals surface area contributed by atoms with E-state index in [2.05, 4.69) is 15.0 Å². The summed E-state index contributed by atoms with van der Waals surface area (Å²) in [4.78, 5) is 6.66. The molecule has 1 atom stereocenters. The van der Waals surface area contributed by atoms with Crippen molar-refractivity contribution in [1.29, 1.82) is 0 Å². The van der Waals surface area contributed by atoms with Crippen LogP contribution in [0.3, 0.4) is 0 Å². The van der Waals surface area contributed by atoms with Crippen molar-refractivity contribution in [3.63, 3.8) is 0 Å². The Morgan fingerprint density at radius 3 is 3.10 bits per heavy atom. The zero-order valence-electron chi connectivity index (χ0n) is 11.5. The molecular weight excluding hydrogens is 294 g/mol. The van der Waals surface area contributed by atoms with Crippen molar-refractivity contribution >= 4 is 22.1 Å². The second-order valence-electron chi connectivity index (χ2n) is 5.55. The van der Waals surface area contributed by atoms with Crippen LogP contribution < -0.4 is 0 Å². The van der Waals surface area contributed by atoms with Gasteiger partial charge in [-0.25, -0.2) is 0 Å². The van der Waals surface area contributed by atoms with Crippen LogP contribution in [0.25, 0.3) is 11.5 Å². The number of hydrogen-bond donors (Lipinski definition) is 0. The number of aromatic nitrogens is 2. The third kappa shape index (κ3) is 2.84. The van der Waals surface area contributed by atoms with Crippen molar-refractivity contribution in [2.45, 2.75) is 25.1 Å². The summed E-state index contributed by atoms with van der Waals surface area (Å²) < 4.78 is 17.0.